The molecule has 0 heterocycles. The van der Waals surface area contributed by atoms with Crippen molar-refractivity contribution >= 4 is 17.9 Å². The second-order valence-electron chi connectivity index (χ2n) is 20.5. The number of ether oxygens (including phenoxy) is 3. The number of hydrogen-bond donors (Lipinski definition) is 0. The van der Waals surface area contributed by atoms with Crippen LogP contribution >= 0.6 is 0 Å². The van der Waals surface area contributed by atoms with E-state index in [9.17, 15) is 14.4 Å². The minimum absolute atomic E-state index is 0.110. The molecule has 0 aromatic carbocycles. The molecule has 0 rings (SSSR count). The highest BCUT2D eigenvalue weighted by atomic mass is 16.6. The first-order valence-corrected chi connectivity index (χ1v) is 31.7. The van der Waals surface area contributed by atoms with E-state index in [2.05, 4.69) is 148 Å². The second kappa shape index (κ2) is 64.1. The number of rotatable bonds is 56. The van der Waals surface area contributed by atoms with Crippen LogP contribution in [0.1, 0.15) is 278 Å². The maximum atomic E-state index is 12.9. The van der Waals surface area contributed by atoms with Gasteiger partial charge < -0.3 is 14.2 Å². The fourth-order valence-corrected chi connectivity index (χ4v) is 8.45. The van der Waals surface area contributed by atoms with Gasteiger partial charge in [0.05, 0.1) is 0 Å². The molecule has 0 aliphatic carbocycles. The molecule has 0 aromatic rings. The quantitative estimate of drug-likeness (QED) is 0.0261. The minimum atomic E-state index is -0.821. The molecule has 1 atom stereocenters. The summed E-state index contributed by atoms with van der Waals surface area (Å²) < 4.78 is 16.8. The topological polar surface area (TPSA) is 78.9 Å². The highest BCUT2D eigenvalue weighted by Crippen LogP contribution is 2.15. The predicted octanol–water partition coefficient (Wildman–Crippen LogP) is 21.8. The largest absolute Gasteiger partial charge is 0.462 e. The Kier molecular flexibility index (Phi) is 60.4. The zero-order chi connectivity index (χ0) is 55.7. The molecule has 0 radical (unpaired) electrons. The fourth-order valence-electron chi connectivity index (χ4n) is 8.45. The van der Waals surface area contributed by atoms with Gasteiger partial charge in [-0.25, -0.2) is 0 Å². The molecule has 0 spiro atoms. The van der Waals surface area contributed by atoms with Crippen molar-refractivity contribution in [1.82, 2.24) is 0 Å². The molecule has 6 nitrogen and oxygen atoms in total. The summed E-state index contributed by atoms with van der Waals surface area (Å²) in [4.78, 5) is 38.2. The van der Waals surface area contributed by atoms with E-state index in [1.807, 2.05) is 6.08 Å². The monoisotopic (exact) mass is 1060 g/mol. The lowest BCUT2D eigenvalue weighted by molar-refractivity contribution is -0.166. The van der Waals surface area contributed by atoms with Gasteiger partial charge in [-0.15, -0.1) is 0 Å². The maximum Gasteiger partial charge on any atom is 0.306 e. The van der Waals surface area contributed by atoms with Crippen molar-refractivity contribution in [3.8, 4) is 0 Å². The molecule has 0 aliphatic heterocycles. The van der Waals surface area contributed by atoms with Crippen LogP contribution in [0.5, 0.6) is 0 Å². The van der Waals surface area contributed by atoms with Crippen molar-refractivity contribution in [3.05, 3.63) is 134 Å². The normalized spacial score (nSPS) is 13.0. The van der Waals surface area contributed by atoms with Crippen molar-refractivity contribution in [2.24, 2.45) is 0 Å². The third-order valence-corrected chi connectivity index (χ3v) is 13.1. The van der Waals surface area contributed by atoms with Crippen LogP contribution in [0, 0.1) is 0 Å². The molecule has 0 saturated heterocycles. The summed E-state index contributed by atoms with van der Waals surface area (Å²) in [6.07, 6.45) is 90.5. The molecule has 77 heavy (non-hydrogen) atoms. The van der Waals surface area contributed by atoms with E-state index in [0.29, 0.717) is 19.3 Å². The lowest BCUT2D eigenvalue weighted by atomic mass is 10.0. The summed E-state index contributed by atoms with van der Waals surface area (Å²) in [6, 6.07) is 0. The molecule has 0 N–H and O–H groups in total. The first-order chi connectivity index (χ1) is 38.0. The Morgan fingerprint density at radius 2 is 0.532 bits per heavy atom. The number of allylic oxidation sites excluding steroid dienone is 22. The van der Waals surface area contributed by atoms with E-state index in [1.54, 1.807) is 0 Å². The van der Waals surface area contributed by atoms with Gasteiger partial charge in [-0.05, 0) is 122 Å². The molecule has 1 unspecified atom stereocenters. The average molecular weight is 1070 g/mol. The number of carbonyl (C=O) groups excluding carboxylic acids is 3. The SMILES string of the molecule is CC/C=C\C/C=C\C/C=C\C/C=C\CCCCCCCCC(=O)OC(COC(=O)CC/C=C\C/C=C\C/C=C\C/C=C\CC)COC(=O)CCCCCCCCCCCCCC/C=C\C/C=C\C/C=C\CCCCCCC. The molecular weight excluding hydrogens is 949 g/mol. The van der Waals surface area contributed by atoms with Gasteiger partial charge in [0.1, 0.15) is 13.2 Å². The summed E-state index contributed by atoms with van der Waals surface area (Å²) >= 11 is 0. The Bertz CT molecular complexity index is 1650. The number of unbranched alkanes of at least 4 members (excludes halogenated alkanes) is 23. The third-order valence-electron chi connectivity index (χ3n) is 13.1. The van der Waals surface area contributed by atoms with Gasteiger partial charge in [0.2, 0.25) is 0 Å². The summed E-state index contributed by atoms with van der Waals surface area (Å²) in [6.45, 7) is 6.33. The average Bonchev–Trinajstić information content (AvgIpc) is 3.43. The Balaban J connectivity index is 4.37. The molecule has 0 aromatic heterocycles. The van der Waals surface area contributed by atoms with Crippen molar-refractivity contribution in [2.45, 2.75) is 284 Å². The van der Waals surface area contributed by atoms with E-state index >= 15 is 0 Å². The van der Waals surface area contributed by atoms with Gasteiger partial charge in [0, 0.05) is 19.3 Å². The number of carbonyl (C=O) groups is 3. The van der Waals surface area contributed by atoms with Crippen LogP contribution in [0.15, 0.2) is 134 Å². The standard InChI is InChI=1S/C71H116O6/c1-4-7-10-13-16-19-22-25-27-29-31-32-33-34-35-36-37-38-40-41-43-46-49-52-55-58-61-64-70(73)76-67-68(66-75-69(72)63-60-57-54-51-48-45-24-21-18-15-12-9-6-3)77-71(74)65-62-59-56-53-50-47-44-42-39-30-28-26-23-20-17-14-11-8-5-2/h8-9,11-12,17-18,20-22,25-26,28-29,31,33-34,39,42,45,48,54,57,68H,4-7,10,13-16,19,23-24,27,30,32,35-38,40-41,43-44,46-47,49-53,55-56,58-67H2,1-3H3/b11-8-,12-9-,20-17-,21-18-,25-22-,28-26-,31-29-,34-33-,42-39-,48-45-,57-54-. The minimum Gasteiger partial charge on any atom is -0.462 e. The van der Waals surface area contributed by atoms with Crippen LogP contribution in [-0.4, -0.2) is 37.2 Å². The third kappa shape index (κ3) is 62.3. The van der Waals surface area contributed by atoms with E-state index in [4.69, 9.17) is 14.2 Å². The zero-order valence-corrected chi connectivity index (χ0v) is 49.9. The molecule has 436 valence electrons. The van der Waals surface area contributed by atoms with Gasteiger partial charge in [-0.2, -0.15) is 0 Å². The molecule has 0 saturated carbocycles. The van der Waals surface area contributed by atoms with Gasteiger partial charge in [0.25, 0.3) is 0 Å². The highest BCUT2D eigenvalue weighted by Gasteiger charge is 2.19. The van der Waals surface area contributed by atoms with Gasteiger partial charge in [-0.1, -0.05) is 270 Å². The van der Waals surface area contributed by atoms with Gasteiger partial charge in [0.15, 0.2) is 6.10 Å². The van der Waals surface area contributed by atoms with Crippen LogP contribution in [0.2, 0.25) is 0 Å². The van der Waals surface area contributed by atoms with Crippen molar-refractivity contribution in [2.75, 3.05) is 13.2 Å². The highest BCUT2D eigenvalue weighted by molar-refractivity contribution is 5.71. The Hall–Kier alpha value is -4.45. The van der Waals surface area contributed by atoms with Crippen molar-refractivity contribution in [3.63, 3.8) is 0 Å². The molecule has 0 bridgehead atoms. The first kappa shape index (κ1) is 72.5. The molecule has 0 aliphatic rings. The predicted molar refractivity (Wildman–Crippen MR) is 334 cm³/mol. The summed E-state index contributed by atoms with van der Waals surface area (Å²) in [5, 5.41) is 0. The van der Waals surface area contributed by atoms with Crippen LogP contribution in [0.25, 0.3) is 0 Å². The smallest absolute Gasteiger partial charge is 0.306 e. The number of esters is 3. The van der Waals surface area contributed by atoms with Crippen LogP contribution in [0.3, 0.4) is 0 Å². The van der Waals surface area contributed by atoms with Crippen LogP contribution < -0.4 is 0 Å². The van der Waals surface area contributed by atoms with E-state index < -0.39 is 6.10 Å². The molecule has 0 fully saturated rings. The Morgan fingerprint density at radius 1 is 0.273 bits per heavy atom. The van der Waals surface area contributed by atoms with E-state index in [0.717, 1.165) is 116 Å². The zero-order valence-electron chi connectivity index (χ0n) is 49.9. The van der Waals surface area contributed by atoms with Crippen molar-refractivity contribution in [1.29, 1.82) is 0 Å². The first-order valence-electron chi connectivity index (χ1n) is 31.7. The molecule has 0 amide bonds. The number of hydrogen-bond acceptors (Lipinski definition) is 6. The lowest BCUT2D eigenvalue weighted by Gasteiger charge is -2.18. The molecule has 6 heteroatoms. The van der Waals surface area contributed by atoms with Crippen LogP contribution in [0.4, 0.5) is 0 Å². The Labute approximate surface area is 475 Å². The maximum absolute atomic E-state index is 12.9. The summed E-state index contributed by atoms with van der Waals surface area (Å²) in [5.41, 5.74) is 0. The lowest BCUT2D eigenvalue weighted by Crippen LogP contribution is -2.30. The fraction of sp³-hybridized carbons (Fsp3) is 0.648. The second-order valence-corrected chi connectivity index (χ2v) is 20.5. The summed E-state index contributed by atoms with van der Waals surface area (Å²) in [7, 11) is 0. The van der Waals surface area contributed by atoms with E-state index in [1.165, 1.54) is 116 Å². The summed E-state index contributed by atoms with van der Waals surface area (Å²) in [5.74, 6) is -1.01. The molecular formula is C71H116O6. The van der Waals surface area contributed by atoms with Crippen molar-refractivity contribution < 1.29 is 28.6 Å². The van der Waals surface area contributed by atoms with Gasteiger partial charge in [-0.3, -0.25) is 14.4 Å². The van der Waals surface area contributed by atoms with Gasteiger partial charge >= 0.3 is 17.9 Å². The van der Waals surface area contributed by atoms with E-state index in [-0.39, 0.29) is 37.5 Å². The Morgan fingerprint density at radius 3 is 0.870 bits per heavy atom. The van der Waals surface area contributed by atoms with Crippen LogP contribution in [-0.2, 0) is 28.6 Å².